The molecule has 2 aliphatic heterocycles. The average Bonchev–Trinajstić information content (AvgIpc) is 3.20. The van der Waals surface area contributed by atoms with E-state index in [4.69, 9.17) is 14.6 Å². The van der Waals surface area contributed by atoms with Crippen LogP contribution in [-0.4, -0.2) is 17.3 Å². The summed E-state index contributed by atoms with van der Waals surface area (Å²) in [6, 6.07) is 24.4. The van der Waals surface area contributed by atoms with E-state index in [1.54, 1.807) is 18.2 Å². The van der Waals surface area contributed by atoms with E-state index in [1.807, 2.05) is 59.6 Å². The second-order valence-electron chi connectivity index (χ2n) is 6.94. The van der Waals surface area contributed by atoms with E-state index in [2.05, 4.69) is 0 Å². The molecule has 4 nitrogen and oxygen atoms in total. The van der Waals surface area contributed by atoms with Crippen molar-refractivity contribution >= 4 is 5.71 Å². The van der Waals surface area contributed by atoms with Crippen LogP contribution in [-0.2, 0) is 0 Å². The Morgan fingerprint density at radius 2 is 1.59 bits per heavy atom. The van der Waals surface area contributed by atoms with Crippen molar-refractivity contribution in [1.82, 2.24) is 5.01 Å². The number of alkyl halides is 2. The van der Waals surface area contributed by atoms with Crippen molar-refractivity contribution in [2.45, 2.75) is 25.3 Å². The quantitative estimate of drug-likeness (QED) is 0.585. The summed E-state index contributed by atoms with van der Waals surface area (Å²) < 4.78 is 36.9. The molecule has 29 heavy (non-hydrogen) atoms. The number of nitrogens with zero attached hydrogens (tertiary/aromatic N) is 2. The fraction of sp³-hybridized carbons (Fsp3) is 0.174. The number of benzene rings is 3. The highest BCUT2D eigenvalue weighted by molar-refractivity contribution is 6.01. The maximum absolute atomic E-state index is 13.0. The molecular formula is C23H18F2N2O2. The summed E-state index contributed by atoms with van der Waals surface area (Å²) in [5.74, 6) is 0.823. The van der Waals surface area contributed by atoms with Gasteiger partial charge < -0.3 is 9.47 Å². The number of halogens is 2. The number of para-hydroxylation sites is 2. The van der Waals surface area contributed by atoms with Crippen LogP contribution in [0.15, 0.2) is 84.0 Å². The molecule has 3 aromatic carbocycles. The lowest BCUT2D eigenvalue weighted by molar-refractivity contribution is -0.0578. The Hall–Kier alpha value is -3.41. The molecule has 2 heterocycles. The smallest absolute Gasteiger partial charge is 0.387 e. The van der Waals surface area contributed by atoms with Crippen LogP contribution in [0.25, 0.3) is 0 Å². The fourth-order valence-electron chi connectivity index (χ4n) is 3.93. The van der Waals surface area contributed by atoms with Gasteiger partial charge in [0.05, 0.1) is 17.3 Å². The van der Waals surface area contributed by atoms with E-state index in [-0.39, 0.29) is 11.8 Å². The highest BCUT2D eigenvalue weighted by Gasteiger charge is 2.41. The first kappa shape index (κ1) is 17.7. The van der Waals surface area contributed by atoms with Crippen LogP contribution in [0.1, 0.15) is 35.4 Å². The van der Waals surface area contributed by atoms with Crippen molar-refractivity contribution in [2.24, 2.45) is 5.10 Å². The van der Waals surface area contributed by atoms with Crippen molar-refractivity contribution in [1.29, 1.82) is 0 Å². The minimum atomic E-state index is -2.91. The van der Waals surface area contributed by atoms with Crippen LogP contribution in [0.5, 0.6) is 11.5 Å². The lowest BCUT2D eigenvalue weighted by atomic mass is 9.96. The minimum Gasteiger partial charge on any atom is -0.464 e. The van der Waals surface area contributed by atoms with Crippen molar-refractivity contribution in [2.75, 3.05) is 0 Å². The molecule has 0 fully saturated rings. The van der Waals surface area contributed by atoms with Gasteiger partial charge in [-0.25, -0.2) is 5.01 Å². The predicted octanol–water partition coefficient (Wildman–Crippen LogP) is 5.53. The first-order valence-corrected chi connectivity index (χ1v) is 9.41. The predicted molar refractivity (Wildman–Crippen MR) is 105 cm³/mol. The van der Waals surface area contributed by atoms with Gasteiger partial charge in [-0.15, -0.1) is 0 Å². The molecule has 6 heteroatoms. The summed E-state index contributed by atoms with van der Waals surface area (Å²) >= 11 is 0. The lowest BCUT2D eigenvalue weighted by Crippen LogP contribution is -2.34. The second-order valence-corrected chi connectivity index (χ2v) is 6.94. The van der Waals surface area contributed by atoms with Gasteiger partial charge in [-0.3, -0.25) is 0 Å². The third kappa shape index (κ3) is 3.20. The summed E-state index contributed by atoms with van der Waals surface area (Å²) in [6.45, 7) is -2.91. The Morgan fingerprint density at radius 3 is 2.38 bits per heavy atom. The van der Waals surface area contributed by atoms with Crippen molar-refractivity contribution in [3.8, 4) is 11.5 Å². The number of hydrogen-bond donors (Lipinski definition) is 0. The van der Waals surface area contributed by atoms with Crippen LogP contribution in [0.3, 0.4) is 0 Å². The molecule has 0 bridgehead atoms. The van der Waals surface area contributed by atoms with Crippen LogP contribution >= 0.6 is 0 Å². The van der Waals surface area contributed by atoms with E-state index in [9.17, 15) is 8.78 Å². The van der Waals surface area contributed by atoms with E-state index in [0.29, 0.717) is 12.0 Å². The monoisotopic (exact) mass is 392 g/mol. The SMILES string of the molecule is FC(F)Oc1ccccc1[C@@H]1Oc2ccccc2[C@@H]2CC(c3ccccc3)=NN21. The van der Waals surface area contributed by atoms with Crippen LogP contribution in [0.4, 0.5) is 8.78 Å². The molecule has 0 unspecified atom stereocenters. The van der Waals surface area contributed by atoms with Crippen LogP contribution in [0.2, 0.25) is 0 Å². The highest BCUT2D eigenvalue weighted by Crippen LogP contribution is 2.48. The normalized spacial score (nSPS) is 20.0. The highest BCUT2D eigenvalue weighted by atomic mass is 19.3. The fourth-order valence-corrected chi connectivity index (χ4v) is 3.93. The van der Waals surface area contributed by atoms with Gasteiger partial charge in [0.1, 0.15) is 11.5 Å². The topological polar surface area (TPSA) is 34.1 Å². The van der Waals surface area contributed by atoms with Gasteiger partial charge in [0.15, 0.2) is 0 Å². The molecule has 0 aromatic heterocycles. The molecule has 5 rings (SSSR count). The molecule has 0 saturated heterocycles. The van der Waals surface area contributed by atoms with Gasteiger partial charge in [-0.05, 0) is 23.8 Å². The summed E-state index contributed by atoms with van der Waals surface area (Å²) in [5, 5.41) is 6.70. The van der Waals surface area contributed by atoms with Gasteiger partial charge in [0.25, 0.3) is 0 Å². The van der Waals surface area contributed by atoms with E-state index in [0.717, 1.165) is 22.6 Å². The van der Waals surface area contributed by atoms with Crippen LogP contribution < -0.4 is 9.47 Å². The zero-order valence-electron chi connectivity index (χ0n) is 15.4. The van der Waals surface area contributed by atoms with Gasteiger partial charge in [-0.2, -0.15) is 13.9 Å². The van der Waals surface area contributed by atoms with E-state index in [1.165, 1.54) is 6.07 Å². The minimum absolute atomic E-state index is 0.0419. The standard InChI is InChI=1S/C23H18F2N2O2/c24-23(25)29-21-13-7-5-11-17(21)22-27-19(16-10-4-6-12-20(16)28-22)14-18(26-27)15-8-2-1-3-9-15/h1-13,19,22-23H,14H2/t19-,22-/m0/s1. The molecule has 0 radical (unpaired) electrons. The third-order valence-corrected chi connectivity index (χ3v) is 5.21. The number of fused-ring (bicyclic) bond motifs is 3. The maximum atomic E-state index is 13.0. The number of rotatable bonds is 4. The Balaban J connectivity index is 1.60. The Kier molecular flexibility index (Phi) is 4.39. The molecule has 2 aliphatic rings. The van der Waals surface area contributed by atoms with Gasteiger partial charge in [0, 0.05) is 12.0 Å². The third-order valence-electron chi connectivity index (χ3n) is 5.21. The molecule has 2 atom stereocenters. The van der Waals surface area contributed by atoms with Crippen molar-refractivity contribution in [3.05, 3.63) is 95.6 Å². The Bertz CT molecular complexity index is 1060. The van der Waals surface area contributed by atoms with Crippen molar-refractivity contribution < 1.29 is 18.3 Å². The first-order valence-electron chi connectivity index (χ1n) is 9.41. The van der Waals surface area contributed by atoms with E-state index >= 15 is 0 Å². The molecular weight excluding hydrogens is 374 g/mol. The Labute approximate surface area is 167 Å². The van der Waals surface area contributed by atoms with Crippen molar-refractivity contribution in [3.63, 3.8) is 0 Å². The van der Waals surface area contributed by atoms with Crippen LogP contribution in [0, 0.1) is 0 Å². The molecule has 0 N–H and O–H groups in total. The number of hydrazone groups is 1. The summed E-state index contributed by atoms with van der Waals surface area (Å²) in [7, 11) is 0. The number of ether oxygens (including phenoxy) is 2. The second kappa shape index (κ2) is 7.20. The summed E-state index contributed by atoms with van der Waals surface area (Å²) in [6.07, 6.45) is 0.0460. The van der Waals surface area contributed by atoms with E-state index < -0.39 is 12.8 Å². The first-order chi connectivity index (χ1) is 14.2. The lowest BCUT2D eigenvalue weighted by Gasteiger charge is -2.38. The molecule has 146 valence electrons. The van der Waals surface area contributed by atoms with Gasteiger partial charge >= 0.3 is 6.61 Å². The molecule has 0 aliphatic carbocycles. The van der Waals surface area contributed by atoms with Gasteiger partial charge in [0.2, 0.25) is 6.23 Å². The largest absolute Gasteiger partial charge is 0.464 e. The average molecular weight is 392 g/mol. The van der Waals surface area contributed by atoms with Gasteiger partial charge in [-0.1, -0.05) is 60.7 Å². The molecule has 0 amide bonds. The zero-order valence-corrected chi connectivity index (χ0v) is 15.4. The molecule has 0 saturated carbocycles. The maximum Gasteiger partial charge on any atom is 0.387 e. The molecule has 3 aromatic rings. The summed E-state index contributed by atoms with van der Waals surface area (Å²) in [5.41, 5.74) is 3.53. The zero-order chi connectivity index (χ0) is 19.8. The summed E-state index contributed by atoms with van der Waals surface area (Å²) in [4.78, 5) is 0. The molecule has 0 spiro atoms. The Morgan fingerprint density at radius 1 is 0.897 bits per heavy atom. The number of hydrogen-bond acceptors (Lipinski definition) is 4.